The monoisotopic (exact) mass is 687 g/mol. The van der Waals surface area contributed by atoms with Gasteiger partial charge in [0.05, 0.1) is 24.0 Å². The molecule has 2 aromatic heterocycles. The summed E-state index contributed by atoms with van der Waals surface area (Å²) in [5, 5.41) is 35.2. The standard InChI is InChI=1S/C31H45N9O9/c1-31(2,48)24-14-35-38-40(24)19-13-23(28(44)36-20(25(41)26(32)42)10-6-7-11-33-30(46)47)39(15-19)29(45)21(12-18-8-4-3-5-9-18)37-27(43)22-16-49-17-34-22/h14,16-21,23,33,48H,3-13,15H2,1-2H3,(H2,32,42)(H,36,44)(H,37,43)(H,46,47)/t19-,20?,21?,23-/m0/s1. The molecular formula is C31H45N9O9. The molecule has 2 unspecified atom stereocenters. The molecule has 1 aliphatic carbocycles. The van der Waals surface area contributed by atoms with Crippen LogP contribution in [0.15, 0.2) is 23.3 Å². The van der Waals surface area contributed by atoms with E-state index in [0.717, 1.165) is 44.8 Å². The fourth-order valence-electron chi connectivity index (χ4n) is 6.55. The molecule has 2 fully saturated rings. The predicted octanol–water partition coefficient (Wildman–Crippen LogP) is 0.382. The highest BCUT2D eigenvalue weighted by atomic mass is 16.4. The Labute approximate surface area is 282 Å². The van der Waals surface area contributed by atoms with Crippen molar-refractivity contribution in [1.29, 1.82) is 0 Å². The Morgan fingerprint density at radius 3 is 2.45 bits per heavy atom. The number of carbonyl (C=O) groups is 6. The molecule has 4 rings (SSSR count). The number of aromatic nitrogens is 4. The Bertz CT molecular complexity index is 1480. The van der Waals surface area contributed by atoms with Gasteiger partial charge >= 0.3 is 6.09 Å². The molecule has 5 amide bonds. The molecule has 1 aliphatic heterocycles. The molecule has 7 N–H and O–H groups in total. The number of nitrogens with zero attached hydrogens (tertiary/aromatic N) is 5. The average molecular weight is 688 g/mol. The number of unbranched alkanes of at least 4 members (excludes halogenated alkanes) is 1. The number of oxazole rings is 1. The van der Waals surface area contributed by atoms with E-state index in [1.807, 2.05) is 0 Å². The second-order valence-corrected chi connectivity index (χ2v) is 13.2. The number of carboxylic acid groups (broad SMARTS) is 1. The van der Waals surface area contributed by atoms with Crippen molar-refractivity contribution in [3.63, 3.8) is 0 Å². The number of Topliss-reactive ketones (excluding diaryl/α,β-unsaturated/α-hetero) is 1. The van der Waals surface area contributed by atoms with Crippen LogP contribution in [0.3, 0.4) is 0 Å². The third kappa shape index (κ3) is 9.84. The first-order valence-corrected chi connectivity index (χ1v) is 16.5. The molecule has 268 valence electrons. The highest BCUT2D eigenvalue weighted by Gasteiger charge is 2.45. The van der Waals surface area contributed by atoms with Crippen molar-refractivity contribution in [2.24, 2.45) is 11.7 Å². The number of carbonyl (C=O) groups excluding carboxylic acids is 5. The summed E-state index contributed by atoms with van der Waals surface area (Å²) in [7, 11) is 0. The van der Waals surface area contributed by atoms with Crippen LogP contribution in [0.1, 0.15) is 100 Å². The lowest BCUT2D eigenvalue weighted by atomic mass is 9.84. The Hall–Kier alpha value is -4.87. The number of hydrogen-bond donors (Lipinski definition) is 6. The molecule has 2 aromatic rings. The summed E-state index contributed by atoms with van der Waals surface area (Å²) in [4.78, 5) is 82.2. The molecule has 0 radical (unpaired) electrons. The minimum atomic E-state index is -1.36. The first-order chi connectivity index (χ1) is 23.3. The normalized spacial score (nSPS) is 19.5. The van der Waals surface area contributed by atoms with E-state index in [9.17, 15) is 33.9 Å². The third-order valence-electron chi connectivity index (χ3n) is 9.05. The zero-order valence-electron chi connectivity index (χ0n) is 27.7. The number of hydrogen-bond acceptors (Lipinski definition) is 11. The quantitative estimate of drug-likeness (QED) is 0.103. The maximum atomic E-state index is 14.5. The zero-order valence-corrected chi connectivity index (χ0v) is 27.7. The van der Waals surface area contributed by atoms with E-state index in [4.69, 9.17) is 15.3 Å². The molecule has 0 bridgehead atoms. The van der Waals surface area contributed by atoms with Crippen molar-refractivity contribution in [3.05, 3.63) is 30.2 Å². The van der Waals surface area contributed by atoms with E-state index >= 15 is 0 Å². The topological polar surface area (TPSA) is 265 Å². The third-order valence-corrected chi connectivity index (χ3v) is 9.05. The number of nitrogens with two attached hydrogens (primary N) is 1. The van der Waals surface area contributed by atoms with Crippen molar-refractivity contribution >= 4 is 35.5 Å². The number of primary amides is 1. The van der Waals surface area contributed by atoms with Gasteiger partial charge in [0, 0.05) is 19.5 Å². The Morgan fingerprint density at radius 1 is 1.08 bits per heavy atom. The number of nitrogens with one attached hydrogen (secondary N) is 3. The summed E-state index contributed by atoms with van der Waals surface area (Å²) < 4.78 is 6.41. The van der Waals surface area contributed by atoms with Gasteiger partial charge in [0.15, 0.2) is 12.1 Å². The summed E-state index contributed by atoms with van der Waals surface area (Å²) in [6.07, 6.45) is 8.18. The smallest absolute Gasteiger partial charge is 0.404 e. The minimum absolute atomic E-state index is 0.0110. The van der Waals surface area contributed by atoms with Gasteiger partial charge in [0.25, 0.3) is 11.8 Å². The van der Waals surface area contributed by atoms with E-state index in [1.165, 1.54) is 15.8 Å². The lowest BCUT2D eigenvalue weighted by Crippen LogP contribution is -2.56. The molecule has 3 heterocycles. The van der Waals surface area contributed by atoms with Gasteiger partial charge in [0.2, 0.25) is 17.6 Å². The van der Waals surface area contributed by atoms with Gasteiger partial charge in [-0.1, -0.05) is 37.3 Å². The summed E-state index contributed by atoms with van der Waals surface area (Å²) in [5.41, 5.74) is 4.26. The molecule has 2 aliphatic rings. The van der Waals surface area contributed by atoms with Crippen molar-refractivity contribution < 1.29 is 43.4 Å². The van der Waals surface area contributed by atoms with Crippen LogP contribution in [0.4, 0.5) is 4.79 Å². The van der Waals surface area contributed by atoms with Crippen molar-refractivity contribution in [2.45, 2.75) is 108 Å². The van der Waals surface area contributed by atoms with Crippen LogP contribution in [0.5, 0.6) is 0 Å². The average Bonchev–Trinajstić information content (AvgIpc) is 3.84. The Kier molecular flexibility index (Phi) is 12.4. The summed E-state index contributed by atoms with van der Waals surface area (Å²) in [6.45, 7) is 3.16. The zero-order chi connectivity index (χ0) is 35.7. The van der Waals surface area contributed by atoms with Gasteiger partial charge in [-0.3, -0.25) is 24.0 Å². The fourth-order valence-corrected chi connectivity index (χ4v) is 6.55. The minimum Gasteiger partial charge on any atom is -0.465 e. The van der Waals surface area contributed by atoms with Gasteiger partial charge < -0.3 is 41.2 Å². The highest BCUT2D eigenvalue weighted by Crippen LogP contribution is 2.33. The molecule has 1 saturated carbocycles. The molecular weight excluding hydrogens is 642 g/mol. The van der Waals surface area contributed by atoms with Crippen LogP contribution in [-0.2, 0) is 24.8 Å². The second kappa shape index (κ2) is 16.5. The van der Waals surface area contributed by atoms with Crippen LogP contribution in [-0.4, -0.2) is 102 Å². The SMILES string of the molecule is CC(C)(O)c1cnnn1[C@H]1C[C@@H](C(=O)NC(CCCCNC(=O)O)C(=O)C(N)=O)N(C(=O)C(CC2CCCCC2)NC(=O)c2cocn2)C1. The summed E-state index contributed by atoms with van der Waals surface area (Å²) in [5.74, 6) is -4.04. The number of aliphatic hydroxyl groups is 1. The largest absolute Gasteiger partial charge is 0.465 e. The fraction of sp³-hybridized carbons (Fsp3) is 0.645. The van der Waals surface area contributed by atoms with Crippen LogP contribution < -0.4 is 21.7 Å². The molecule has 0 spiro atoms. The first kappa shape index (κ1) is 37.0. The number of likely N-dealkylation sites (tertiary alicyclic amines) is 1. The number of ketones is 1. The van der Waals surface area contributed by atoms with Crippen molar-refractivity contribution in [3.8, 4) is 0 Å². The molecule has 18 heteroatoms. The van der Waals surface area contributed by atoms with Crippen LogP contribution in [0.25, 0.3) is 0 Å². The second-order valence-electron chi connectivity index (χ2n) is 13.2. The number of rotatable bonds is 16. The maximum Gasteiger partial charge on any atom is 0.404 e. The Balaban J connectivity index is 1.62. The maximum absolute atomic E-state index is 14.5. The van der Waals surface area contributed by atoms with Crippen LogP contribution in [0.2, 0.25) is 0 Å². The molecule has 18 nitrogen and oxygen atoms in total. The van der Waals surface area contributed by atoms with Crippen LogP contribution in [0, 0.1) is 5.92 Å². The Morgan fingerprint density at radius 2 is 1.82 bits per heavy atom. The molecule has 1 saturated heterocycles. The molecule has 0 aromatic carbocycles. The van der Waals surface area contributed by atoms with Gasteiger partial charge in [0.1, 0.15) is 23.9 Å². The summed E-state index contributed by atoms with van der Waals surface area (Å²) >= 11 is 0. The first-order valence-electron chi connectivity index (χ1n) is 16.5. The number of amides is 5. The predicted molar refractivity (Wildman–Crippen MR) is 169 cm³/mol. The van der Waals surface area contributed by atoms with Crippen molar-refractivity contribution in [2.75, 3.05) is 13.1 Å². The van der Waals surface area contributed by atoms with Crippen LogP contribution >= 0.6 is 0 Å². The van der Waals surface area contributed by atoms with Gasteiger partial charge in [-0.05, 0) is 45.4 Å². The van der Waals surface area contributed by atoms with Crippen molar-refractivity contribution in [1.82, 2.24) is 40.8 Å². The van der Waals surface area contributed by atoms with E-state index < -0.39 is 65.3 Å². The molecule has 4 atom stereocenters. The molecule has 49 heavy (non-hydrogen) atoms. The van der Waals surface area contributed by atoms with E-state index in [2.05, 4.69) is 31.2 Å². The van der Waals surface area contributed by atoms with Gasteiger partial charge in [-0.2, -0.15) is 0 Å². The van der Waals surface area contributed by atoms with E-state index in [-0.39, 0.29) is 44.0 Å². The lowest BCUT2D eigenvalue weighted by molar-refractivity contribution is -0.142. The van der Waals surface area contributed by atoms with E-state index in [0.29, 0.717) is 18.5 Å². The van der Waals surface area contributed by atoms with E-state index in [1.54, 1.807) is 13.8 Å². The highest BCUT2D eigenvalue weighted by molar-refractivity contribution is 6.37. The van der Waals surface area contributed by atoms with Gasteiger partial charge in [-0.25, -0.2) is 14.5 Å². The lowest BCUT2D eigenvalue weighted by Gasteiger charge is -2.32. The summed E-state index contributed by atoms with van der Waals surface area (Å²) in [6, 6.07) is -4.16. The van der Waals surface area contributed by atoms with Gasteiger partial charge in [-0.15, -0.1) is 5.10 Å².